The van der Waals surface area contributed by atoms with Crippen molar-refractivity contribution in [2.75, 3.05) is 10.6 Å². The molecule has 2 aromatic heterocycles. The number of hydrogen-bond donors (Lipinski definition) is 2. The molecule has 0 atom stereocenters. The van der Waals surface area contributed by atoms with Crippen molar-refractivity contribution in [3.63, 3.8) is 0 Å². The first kappa shape index (κ1) is 18.9. The van der Waals surface area contributed by atoms with Crippen LogP contribution < -0.4 is 15.4 Å². The van der Waals surface area contributed by atoms with Crippen LogP contribution in [-0.4, -0.2) is 21.3 Å². The van der Waals surface area contributed by atoms with Gasteiger partial charge >= 0.3 is 12.0 Å². The minimum Gasteiger partial charge on any atom is -0.467 e. The summed E-state index contributed by atoms with van der Waals surface area (Å²) in [5, 5.41) is 17.0. The summed E-state index contributed by atoms with van der Waals surface area (Å²) in [5.74, 6) is -0.0546. The van der Waals surface area contributed by atoms with Crippen LogP contribution in [0.1, 0.15) is 5.76 Å². The lowest BCUT2D eigenvalue weighted by Gasteiger charge is -2.11. The van der Waals surface area contributed by atoms with E-state index in [-0.39, 0.29) is 23.9 Å². The molecule has 0 fully saturated rings. The maximum absolute atomic E-state index is 12.2. The number of nitrogens with one attached hydrogen (secondary N) is 2. The zero-order chi connectivity index (χ0) is 20.1. The number of hydrogen-bond acceptors (Lipinski definition) is 8. The molecular formula is C16H12F3N5O4. The molecule has 0 aliphatic rings. The van der Waals surface area contributed by atoms with Crippen molar-refractivity contribution in [1.29, 1.82) is 0 Å². The lowest BCUT2D eigenvalue weighted by atomic mass is 10.3. The van der Waals surface area contributed by atoms with Crippen molar-refractivity contribution in [3.8, 4) is 5.75 Å². The Bertz CT molecular complexity index is 946. The summed E-state index contributed by atoms with van der Waals surface area (Å²) < 4.78 is 45.5. The fourth-order valence-electron chi connectivity index (χ4n) is 2.23. The zero-order valence-electron chi connectivity index (χ0n) is 13.9. The Morgan fingerprint density at radius 2 is 1.86 bits per heavy atom. The van der Waals surface area contributed by atoms with E-state index in [1.165, 1.54) is 18.4 Å². The Morgan fingerprint density at radius 3 is 2.46 bits per heavy atom. The van der Waals surface area contributed by atoms with Crippen LogP contribution in [0.2, 0.25) is 0 Å². The van der Waals surface area contributed by atoms with Gasteiger partial charge in [-0.15, -0.1) is 13.2 Å². The third-order valence-electron chi connectivity index (χ3n) is 3.37. The van der Waals surface area contributed by atoms with E-state index in [1.807, 2.05) is 0 Å². The normalized spacial score (nSPS) is 11.1. The average molecular weight is 395 g/mol. The predicted molar refractivity (Wildman–Crippen MR) is 91.1 cm³/mol. The number of aromatic nitrogens is 2. The van der Waals surface area contributed by atoms with Gasteiger partial charge in [-0.2, -0.15) is 0 Å². The number of furan rings is 1. The van der Waals surface area contributed by atoms with Crippen molar-refractivity contribution in [3.05, 3.63) is 64.9 Å². The second kappa shape index (κ2) is 7.82. The summed E-state index contributed by atoms with van der Waals surface area (Å²) in [4.78, 5) is 18.5. The van der Waals surface area contributed by atoms with Crippen LogP contribution in [0.3, 0.4) is 0 Å². The largest absolute Gasteiger partial charge is 0.573 e. The van der Waals surface area contributed by atoms with Crippen molar-refractivity contribution in [2.24, 2.45) is 0 Å². The molecule has 1 aromatic carbocycles. The van der Waals surface area contributed by atoms with Crippen LogP contribution in [0, 0.1) is 10.1 Å². The van der Waals surface area contributed by atoms with E-state index in [0.29, 0.717) is 5.76 Å². The quantitative estimate of drug-likeness (QED) is 0.451. The van der Waals surface area contributed by atoms with E-state index in [4.69, 9.17) is 4.42 Å². The Morgan fingerprint density at radius 1 is 1.14 bits per heavy atom. The molecule has 0 radical (unpaired) electrons. The fourth-order valence-corrected chi connectivity index (χ4v) is 2.23. The van der Waals surface area contributed by atoms with E-state index in [1.54, 1.807) is 12.1 Å². The first-order valence-electron chi connectivity index (χ1n) is 7.70. The summed E-state index contributed by atoms with van der Waals surface area (Å²) in [5.41, 5.74) is -0.155. The summed E-state index contributed by atoms with van der Waals surface area (Å²) in [7, 11) is 0. The first-order valence-corrected chi connectivity index (χ1v) is 7.70. The molecular weight excluding hydrogens is 383 g/mol. The van der Waals surface area contributed by atoms with Crippen LogP contribution >= 0.6 is 0 Å². The second-order valence-electron chi connectivity index (χ2n) is 5.31. The fraction of sp³-hybridized carbons (Fsp3) is 0.125. The van der Waals surface area contributed by atoms with E-state index in [9.17, 15) is 23.3 Å². The SMILES string of the molecule is O=[N+]([O-])c1c(NCc2ccco2)ncnc1Nc1ccc(OC(F)(F)F)cc1. The molecule has 0 spiro atoms. The highest BCUT2D eigenvalue weighted by Gasteiger charge is 2.31. The highest BCUT2D eigenvalue weighted by molar-refractivity contribution is 5.73. The maximum atomic E-state index is 12.2. The molecule has 2 N–H and O–H groups in total. The van der Waals surface area contributed by atoms with Crippen LogP contribution in [0.25, 0.3) is 0 Å². The predicted octanol–water partition coefficient (Wildman–Crippen LogP) is 4.23. The number of alkyl halides is 3. The highest BCUT2D eigenvalue weighted by atomic mass is 19.4. The number of nitrogens with zero attached hydrogens (tertiary/aromatic N) is 3. The molecule has 0 aliphatic carbocycles. The van der Waals surface area contributed by atoms with Crippen LogP contribution in [-0.2, 0) is 6.54 Å². The van der Waals surface area contributed by atoms with E-state index >= 15 is 0 Å². The molecule has 146 valence electrons. The monoisotopic (exact) mass is 395 g/mol. The minimum atomic E-state index is -4.81. The van der Waals surface area contributed by atoms with Gasteiger partial charge < -0.3 is 19.8 Å². The first-order chi connectivity index (χ1) is 13.3. The lowest BCUT2D eigenvalue weighted by molar-refractivity contribution is -0.383. The van der Waals surface area contributed by atoms with Crippen molar-refractivity contribution in [2.45, 2.75) is 12.9 Å². The molecule has 2 heterocycles. The Kier molecular flexibility index (Phi) is 5.29. The van der Waals surface area contributed by atoms with Crippen LogP contribution in [0.15, 0.2) is 53.4 Å². The van der Waals surface area contributed by atoms with Gasteiger partial charge in [0, 0.05) is 5.69 Å². The van der Waals surface area contributed by atoms with Gasteiger partial charge in [0.2, 0.25) is 11.6 Å². The van der Waals surface area contributed by atoms with Gasteiger partial charge in [-0.1, -0.05) is 0 Å². The standard InChI is InChI=1S/C16H12F3N5O4/c17-16(18,19)28-11-5-3-10(4-6-11)23-15-13(24(25)26)14(21-9-22-15)20-8-12-2-1-7-27-12/h1-7,9H,8H2,(H2,20,21,22,23). The number of rotatable bonds is 7. The molecule has 0 amide bonds. The molecule has 12 heteroatoms. The lowest BCUT2D eigenvalue weighted by Crippen LogP contribution is -2.17. The second-order valence-corrected chi connectivity index (χ2v) is 5.31. The van der Waals surface area contributed by atoms with Gasteiger partial charge in [0.25, 0.3) is 0 Å². The molecule has 9 nitrogen and oxygen atoms in total. The topological polar surface area (TPSA) is 115 Å². The number of halogens is 3. The highest BCUT2D eigenvalue weighted by Crippen LogP contribution is 2.32. The summed E-state index contributed by atoms with van der Waals surface area (Å²) in [6.45, 7) is 0.160. The summed E-state index contributed by atoms with van der Waals surface area (Å²) >= 11 is 0. The van der Waals surface area contributed by atoms with Gasteiger partial charge in [-0.3, -0.25) is 10.1 Å². The van der Waals surface area contributed by atoms with Crippen molar-refractivity contribution >= 4 is 23.0 Å². The summed E-state index contributed by atoms with van der Waals surface area (Å²) in [6.07, 6.45) is -2.24. The van der Waals surface area contributed by atoms with Crippen LogP contribution in [0.4, 0.5) is 36.2 Å². The summed E-state index contributed by atoms with van der Waals surface area (Å²) in [6, 6.07) is 8.03. The molecule has 0 saturated carbocycles. The van der Waals surface area contributed by atoms with Gasteiger partial charge in [0.15, 0.2) is 0 Å². The number of nitro groups is 1. The molecule has 3 rings (SSSR count). The number of anilines is 3. The van der Waals surface area contributed by atoms with Crippen LogP contribution in [0.5, 0.6) is 5.75 Å². The van der Waals surface area contributed by atoms with Crippen molar-refractivity contribution in [1.82, 2.24) is 9.97 Å². The molecule has 28 heavy (non-hydrogen) atoms. The third kappa shape index (κ3) is 4.87. The van der Waals surface area contributed by atoms with E-state index in [0.717, 1.165) is 18.5 Å². The van der Waals surface area contributed by atoms with Gasteiger partial charge in [-0.05, 0) is 36.4 Å². The molecule has 3 aromatic rings. The Balaban J connectivity index is 1.79. The van der Waals surface area contributed by atoms with Gasteiger partial charge in [0.1, 0.15) is 17.8 Å². The minimum absolute atomic E-state index is 0.0454. The zero-order valence-corrected chi connectivity index (χ0v) is 13.9. The average Bonchev–Trinajstić information content (AvgIpc) is 3.14. The van der Waals surface area contributed by atoms with E-state index in [2.05, 4.69) is 25.3 Å². The molecule has 0 aliphatic heterocycles. The molecule has 0 saturated heterocycles. The van der Waals surface area contributed by atoms with Gasteiger partial charge in [0.05, 0.1) is 17.7 Å². The van der Waals surface area contributed by atoms with Crippen molar-refractivity contribution < 1.29 is 27.2 Å². The van der Waals surface area contributed by atoms with E-state index < -0.39 is 22.7 Å². The smallest absolute Gasteiger partial charge is 0.467 e. The number of ether oxygens (including phenoxy) is 1. The number of benzene rings is 1. The Labute approximate surface area is 155 Å². The van der Waals surface area contributed by atoms with Gasteiger partial charge in [-0.25, -0.2) is 9.97 Å². The maximum Gasteiger partial charge on any atom is 0.573 e. The molecule has 0 unspecified atom stereocenters. The third-order valence-corrected chi connectivity index (χ3v) is 3.37. The molecule has 0 bridgehead atoms. The Hall–Kier alpha value is -3.83.